The Morgan fingerprint density at radius 3 is 2.41 bits per heavy atom. The van der Waals surface area contributed by atoms with E-state index < -0.39 is 12.0 Å². The molecule has 0 radical (unpaired) electrons. The Balaban J connectivity index is 1.64. The Labute approximate surface area is 197 Å². The SMILES string of the molecule is COc1cccc([C@@H]2c3c(C)nn(-c4ccccc4)c3NC(=O)[C@@H]2NC(=O)c2ccccc2)c1. The lowest BCUT2D eigenvalue weighted by atomic mass is 9.81. The summed E-state index contributed by atoms with van der Waals surface area (Å²) in [6.07, 6.45) is 0. The second-order valence-electron chi connectivity index (χ2n) is 8.16. The molecule has 2 heterocycles. The Hall–Kier alpha value is -4.39. The van der Waals surface area contributed by atoms with Gasteiger partial charge in [-0.15, -0.1) is 0 Å². The summed E-state index contributed by atoms with van der Waals surface area (Å²) in [5.74, 6) is 0.203. The van der Waals surface area contributed by atoms with Crippen LogP contribution in [-0.2, 0) is 4.79 Å². The van der Waals surface area contributed by atoms with Crippen LogP contribution in [0.3, 0.4) is 0 Å². The number of aromatic nitrogens is 2. The van der Waals surface area contributed by atoms with Crippen molar-refractivity contribution in [2.75, 3.05) is 12.4 Å². The van der Waals surface area contributed by atoms with Gasteiger partial charge in [0.15, 0.2) is 0 Å². The first-order valence-electron chi connectivity index (χ1n) is 11.0. The van der Waals surface area contributed by atoms with Crippen molar-refractivity contribution < 1.29 is 14.3 Å². The summed E-state index contributed by atoms with van der Waals surface area (Å²) >= 11 is 0. The maximum absolute atomic E-state index is 13.5. The van der Waals surface area contributed by atoms with Crippen LogP contribution in [0.2, 0.25) is 0 Å². The number of carbonyl (C=O) groups is 2. The van der Waals surface area contributed by atoms with Gasteiger partial charge in [0.05, 0.1) is 18.5 Å². The minimum Gasteiger partial charge on any atom is -0.497 e. The Bertz CT molecular complexity index is 1350. The molecule has 3 aromatic carbocycles. The molecule has 170 valence electrons. The lowest BCUT2D eigenvalue weighted by Gasteiger charge is -2.33. The maximum Gasteiger partial charge on any atom is 0.251 e. The van der Waals surface area contributed by atoms with Gasteiger partial charge in [-0.25, -0.2) is 4.68 Å². The molecule has 0 saturated carbocycles. The number of nitrogens with zero attached hydrogens (tertiary/aromatic N) is 2. The summed E-state index contributed by atoms with van der Waals surface area (Å²) in [5.41, 5.74) is 3.80. The third-order valence-electron chi connectivity index (χ3n) is 6.05. The molecule has 7 heteroatoms. The van der Waals surface area contributed by atoms with E-state index in [1.807, 2.05) is 67.6 Å². The van der Waals surface area contributed by atoms with Crippen LogP contribution < -0.4 is 15.4 Å². The minimum absolute atomic E-state index is 0.304. The molecule has 2 N–H and O–H groups in total. The third kappa shape index (κ3) is 3.81. The zero-order valence-electron chi connectivity index (χ0n) is 18.9. The summed E-state index contributed by atoms with van der Waals surface area (Å²) in [4.78, 5) is 26.5. The molecular weight excluding hydrogens is 428 g/mol. The highest BCUT2D eigenvalue weighted by Crippen LogP contribution is 2.41. The van der Waals surface area contributed by atoms with E-state index in [0.29, 0.717) is 17.1 Å². The quantitative estimate of drug-likeness (QED) is 0.478. The van der Waals surface area contributed by atoms with E-state index in [1.165, 1.54) is 0 Å². The molecule has 0 fully saturated rings. The molecule has 0 spiro atoms. The summed E-state index contributed by atoms with van der Waals surface area (Å²) in [7, 11) is 1.60. The largest absolute Gasteiger partial charge is 0.497 e. The second kappa shape index (κ2) is 8.86. The van der Waals surface area contributed by atoms with Crippen LogP contribution in [0.1, 0.15) is 33.1 Å². The van der Waals surface area contributed by atoms with Gasteiger partial charge in [-0.2, -0.15) is 5.10 Å². The van der Waals surface area contributed by atoms with Crippen LogP contribution in [0.25, 0.3) is 5.69 Å². The van der Waals surface area contributed by atoms with Crippen LogP contribution in [0, 0.1) is 6.92 Å². The number of anilines is 1. The number of methoxy groups -OCH3 is 1. The molecule has 7 nitrogen and oxygen atoms in total. The second-order valence-corrected chi connectivity index (χ2v) is 8.16. The molecule has 1 aliphatic rings. The molecule has 1 aliphatic heterocycles. The molecule has 0 unspecified atom stereocenters. The molecule has 1 aromatic heterocycles. The van der Waals surface area contributed by atoms with Gasteiger partial charge in [-0.3, -0.25) is 9.59 Å². The first-order valence-corrected chi connectivity index (χ1v) is 11.0. The van der Waals surface area contributed by atoms with Crippen molar-refractivity contribution in [3.8, 4) is 11.4 Å². The highest BCUT2D eigenvalue weighted by atomic mass is 16.5. The standard InChI is InChI=1S/C27H24N4O3/c1-17-22-23(19-12-9-15-21(16-19)34-2)24(28-26(32)18-10-5-3-6-11-18)27(33)29-25(22)31(30-17)20-13-7-4-8-14-20/h3-16,23-24H,1-2H3,(H,28,32)(H,29,33)/t23-,24-/m1/s1. The van der Waals surface area contributed by atoms with Crippen molar-refractivity contribution in [2.24, 2.45) is 0 Å². The summed E-state index contributed by atoms with van der Waals surface area (Å²) < 4.78 is 7.18. The van der Waals surface area contributed by atoms with E-state index >= 15 is 0 Å². The Morgan fingerprint density at radius 2 is 1.71 bits per heavy atom. The summed E-state index contributed by atoms with van der Waals surface area (Å²) in [6, 6.07) is 25.3. The maximum atomic E-state index is 13.5. The molecule has 0 saturated heterocycles. The molecule has 2 atom stereocenters. The van der Waals surface area contributed by atoms with Crippen LogP contribution in [0.5, 0.6) is 5.75 Å². The number of aryl methyl sites for hydroxylation is 1. The fourth-order valence-corrected chi connectivity index (χ4v) is 4.46. The average Bonchev–Trinajstić information content (AvgIpc) is 3.21. The van der Waals surface area contributed by atoms with Crippen LogP contribution in [-0.4, -0.2) is 34.7 Å². The predicted molar refractivity (Wildman–Crippen MR) is 129 cm³/mol. The van der Waals surface area contributed by atoms with E-state index in [9.17, 15) is 9.59 Å². The highest BCUT2D eigenvalue weighted by Gasteiger charge is 2.42. The number of nitrogens with one attached hydrogen (secondary N) is 2. The van der Waals surface area contributed by atoms with Gasteiger partial charge in [0.1, 0.15) is 17.6 Å². The molecule has 5 rings (SSSR count). The molecular formula is C27H24N4O3. The molecule has 34 heavy (non-hydrogen) atoms. The number of rotatable bonds is 5. The summed E-state index contributed by atoms with van der Waals surface area (Å²) in [6.45, 7) is 1.92. The number of fused-ring (bicyclic) bond motifs is 1. The first kappa shape index (κ1) is 21.5. The lowest BCUT2D eigenvalue weighted by molar-refractivity contribution is -0.118. The first-order chi connectivity index (χ1) is 16.6. The van der Waals surface area contributed by atoms with Gasteiger partial charge >= 0.3 is 0 Å². The minimum atomic E-state index is -0.834. The van der Waals surface area contributed by atoms with Gasteiger partial charge in [0.2, 0.25) is 5.91 Å². The van der Waals surface area contributed by atoms with Crippen molar-refractivity contribution in [2.45, 2.75) is 18.9 Å². The Kier molecular flexibility index (Phi) is 5.59. The van der Waals surface area contributed by atoms with E-state index in [1.54, 1.807) is 36.1 Å². The van der Waals surface area contributed by atoms with Crippen molar-refractivity contribution in [3.05, 3.63) is 107 Å². The van der Waals surface area contributed by atoms with Crippen LogP contribution >= 0.6 is 0 Å². The Morgan fingerprint density at radius 1 is 1.00 bits per heavy atom. The smallest absolute Gasteiger partial charge is 0.251 e. The summed E-state index contributed by atoms with van der Waals surface area (Å²) in [5, 5.41) is 10.7. The van der Waals surface area contributed by atoms with Crippen LogP contribution in [0.15, 0.2) is 84.9 Å². The van der Waals surface area contributed by atoms with E-state index in [-0.39, 0.29) is 11.8 Å². The van der Waals surface area contributed by atoms with Crippen molar-refractivity contribution >= 4 is 17.6 Å². The number of carbonyl (C=O) groups excluding carboxylic acids is 2. The lowest BCUT2D eigenvalue weighted by Crippen LogP contribution is -2.50. The number of benzene rings is 3. The monoisotopic (exact) mass is 452 g/mol. The van der Waals surface area contributed by atoms with E-state index in [2.05, 4.69) is 10.6 Å². The highest BCUT2D eigenvalue weighted by molar-refractivity contribution is 6.04. The fourth-order valence-electron chi connectivity index (χ4n) is 4.46. The third-order valence-corrected chi connectivity index (χ3v) is 6.05. The van der Waals surface area contributed by atoms with Gasteiger partial charge in [-0.05, 0) is 48.9 Å². The van der Waals surface area contributed by atoms with E-state index in [0.717, 1.165) is 22.5 Å². The molecule has 2 amide bonds. The number of ether oxygens (including phenoxy) is 1. The number of hydrogen-bond donors (Lipinski definition) is 2. The molecule has 0 bridgehead atoms. The zero-order valence-corrected chi connectivity index (χ0v) is 18.9. The fraction of sp³-hybridized carbons (Fsp3) is 0.148. The van der Waals surface area contributed by atoms with Crippen molar-refractivity contribution in [1.82, 2.24) is 15.1 Å². The van der Waals surface area contributed by atoms with Gasteiger partial charge in [0, 0.05) is 17.0 Å². The van der Waals surface area contributed by atoms with Crippen LogP contribution in [0.4, 0.5) is 5.82 Å². The van der Waals surface area contributed by atoms with E-state index in [4.69, 9.17) is 9.84 Å². The number of para-hydroxylation sites is 1. The van der Waals surface area contributed by atoms with Gasteiger partial charge in [0.25, 0.3) is 5.91 Å². The molecule has 4 aromatic rings. The number of hydrogen-bond acceptors (Lipinski definition) is 4. The predicted octanol–water partition coefficient (Wildman–Crippen LogP) is 4.07. The zero-order chi connectivity index (χ0) is 23.7. The normalized spacial score (nSPS) is 16.9. The topological polar surface area (TPSA) is 85.2 Å². The van der Waals surface area contributed by atoms with Crippen molar-refractivity contribution in [3.63, 3.8) is 0 Å². The van der Waals surface area contributed by atoms with Gasteiger partial charge in [-0.1, -0.05) is 48.5 Å². The van der Waals surface area contributed by atoms with Crippen molar-refractivity contribution in [1.29, 1.82) is 0 Å². The molecule has 0 aliphatic carbocycles. The average molecular weight is 453 g/mol. The number of amides is 2. The van der Waals surface area contributed by atoms with Gasteiger partial charge < -0.3 is 15.4 Å².